The fourth-order valence-corrected chi connectivity index (χ4v) is 2.07. The molecule has 5 nitrogen and oxygen atoms in total. The lowest BCUT2D eigenvalue weighted by atomic mass is 10.3. The van der Waals surface area contributed by atoms with Crippen LogP contribution in [0.2, 0.25) is 0 Å². The van der Waals surface area contributed by atoms with Crippen molar-refractivity contribution < 1.29 is 14.6 Å². The smallest absolute Gasteiger partial charge is 0.354 e. The molecule has 1 heterocycles. The van der Waals surface area contributed by atoms with Gasteiger partial charge in [0, 0.05) is 13.0 Å². The van der Waals surface area contributed by atoms with E-state index in [4.69, 9.17) is 9.84 Å². The first-order valence-electron chi connectivity index (χ1n) is 6.68. The van der Waals surface area contributed by atoms with Gasteiger partial charge < -0.3 is 14.4 Å². The molecule has 0 unspecified atom stereocenters. The van der Waals surface area contributed by atoms with E-state index in [0.29, 0.717) is 19.6 Å². The number of aromatic nitrogens is 2. The Hall–Kier alpha value is -2.30. The zero-order valence-corrected chi connectivity index (χ0v) is 11.5. The number of carboxylic acid groups (broad SMARTS) is 1. The SMILES string of the molecule is CCn1c(C(=O)O)cnc1CCCOc1ccccc1. The first kappa shape index (κ1) is 14.1. The molecule has 0 aliphatic heterocycles. The predicted molar refractivity (Wildman–Crippen MR) is 75.1 cm³/mol. The second-order valence-corrected chi connectivity index (χ2v) is 4.37. The Morgan fingerprint density at radius 1 is 1.35 bits per heavy atom. The lowest BCUT2D eigenvalue weighted by molar-refractivity contribution is 0.0685. The quantitative estimate of drug-likeness (QED) is 0.788. The third kappa shape index (κ3) is 3.38. The molecule has 2 rings (SSSR count). The summed E-state index contributed by atoms with van der Waals surface area (Å²) in [5.74, 6) is 0.699. The maximum absolute atomic E-state index is 11.0. The van der Waals surface area contributed by atoms with E-state index in [9.17, 15) is 4.79 Å². The van der Waals surface area contributed by atoms with E-state index in [0.717, 1.165) is 18.0 Å². The van der Waals surface area contributed by atoms with Gasteiger partial charge in [0.15, 0.2) is 0 Å². The van der Waals surface area contributed by atoms with E-state index in [1.807, 2.05) is 37.3 Å². The van der Waals surface area contributed by atoms with Crippen molar-refractivity contribution in [1.29, 1.82) is 0 Å². The number of imidazole rings is 1. The molecular formula is C15H18N2O3. The number of aryl methyl sites for hydroxylation is 1. The number of aromatic carboxylic acids is 1. The third-order valence-corrected chi connectivity index (χ3v) is 3.03. The lowest BCUT2D eigenvalue weighted by Gasteiger charge is -2.08. The maximum atomic E-state index is 11.0. The number of hydrogen-bond donors (Lipinski definition) is 1. The molecule has 0 fully saturated rings. The Bertz CT molecular complexity index is 564. The van der Waals surface area contributed by atoms with Crippen molar-refractivity contribution in [3.8, 4) is 5.75 Å². The Kier molecular flexibility index (Phi) is 4.76. The summed E-state index contributed by atoms with van der Waals surface area (Å²) in [7, 11) is 0. The molecular weight excluding hydrogens is 256 g/mol. The number of benzene rings is 1. The summed E-state index contributed by atoms with van der Waals surface area (Å²) in [5, 5.41) is 9.04. The Labute approximate surface area is 117 Å². The van der Waals surface area contributed by atoms with E-state index >= 15 is 0 Å². The molecule has 0 aliphatic carbocycles. The molecule has 0 atom stereocenters. The molecule has 0 amide bonds. The monoisotopic (exact) mass is 274 g/mol. The fraction of sp³-hybridized carbons (Fsp3) is 0.333. The zero-order valence-electron chi connectivity index (χ0n) is 11.5. The Morgan fingerprint density at radius 2 is 2.10 bits per heavy atom. The first-order valence-corrected chi connectivity index (χ1v) is 6.68. The number of carbonyl (C=O) groups is 1. The van der Waals surface area contributed by atoms with E-state index in [1.54, 1.807) is 4.57 Å². The molecule has 5 heteroatoms. The van der Waals surface area contributed by atoms with Crippen molar-refractivity contribution in [1.82, 2.24) is 9.55 Å². The average molecular weight is 274 g/mol. The standard InChI is InChI=1S/C15H18N2O3/c1-2-17-13(15(18)19)11-16-14(17)9-6-10-20-12-7-4-3-5-8-12/h3-5,7-8,11H,2,6,9-10H2,1H3,(H,18,19). The van der Waals surface area contributed by atoms with Crippen molar-refractivity contribution in [2.24, 2.45) is 0 Å². The number of para-hydroxylation sites is 1. The van der Waals surface area contributed by atoms with Crippen molar-refractivity contribution in [2.45, 2.75) is 26.3 Å². The van der Waals surface area contributed by atoms with Crippen LogP contribution in [0.5, 0.6) is 5.75 Å². The Balaban J connectivity index is 1.87. The molecule has 20 heavy (non-hydrogen) atoms. The van der Waals surface area contributed by atoms with Gasteiger partial charge in [-0.1, -0.05) is 18.2 Å². The summed E-state index contributed by atoms with van der Waals surface area (Å²) in [6.07, 6.45) is 2.91. The predicted octanol–water partition coefficient (Wildman–Crippen LogP) is 2.61. The molecule has 2 aromatic rings. The van der Waals surface area contributed by atoms with Gasteiger partial charge in [-0.3, -0.25) is 0 Å². The van der Waals surface area contributed by atoms with Gasteiger partial charge in [-0.25, -0.2) is 9.78 Å². The van der Waals surface area contributed by atoms with E-state index in [-0.39, 0.29) is 5.69 Å². The molecule has 0 saturated carbocycles. The van der Waals surface area contributed by atoms with Gasteiger partial charge in [-0.2, -0.15) is 0 Å². The number of hydrogen-bond acceptors (Lipinski definition) is 3. The molecule has 0 aliphatic rings. The molecule has 106 valence electrons. The highest BCUT2D eigenvalue weighted by Gasteiger charge is 2.13. The van der Waals surface area contributed by atoms with Gasteiger partial charge in [-0.15, -0.1) is 0 Å². The summed E-state index contributed by atoms with van der Waals surface area (Å²) >= 11 is 0. The second-order valence-electron chi connectivity index (χ2n) is 4.37. The number of carboxylic acids is 1. The summed E-state index contributed by atoms with van der Waals surface area (Å²) in [4.78, 5) is 15.2. The molecule has 0 radical (unpaired) electrons. The summed E-state index contributed by atoms with van der Waals surface area (Å²) in [6, 6.07) is 9.62. The third-order valence-electron chi connectivity index (χ3n) is 3.03. The largest absolute Gasteiger partial charge is 0.494 e. The topological polar surface area (TPSA) is 64.4 Å². The highest BCUT2D eigenvalue weighted by Crippen LogP contribution is 2.11. The van der Waals surface area contributed by atoms with Crippen LogP contribution >= 0.6 is 0 Å². The highest BCUT2D eigenvalue weighted by molar-refractivity contribution is 5.85. The van der Waals surface area contributed by atoms with E-state index in [2.05, 4.69) is 4.98 Å². The van der Waals surface area contributed by atoms with Crippen LogP contribution < -0.4 is 4.74 Å². The summed E-state index contributed by atoms with van der Waals surface area (Å²) in [5.41, 5.74) is 0.242. The first-order chi connectivity index (χ1) is 9.72. The molecule has 0 spiro atoms. The van der Waals surface area contributed by atoms with Crippen molar-refractivity contribution in [3.05, 3.63) is 48.0 Å². The van der Waals surface area contributed by atoms with Crippen LogP contribution in [0.4, 0.5) is 0 Å². The molecule has 0 bridgehead atoms. The van der Waals surface area contributed by atoms with Crippen LogP contribution in [0.25, 0.3) is 0 Å². The van der Waals surface area contributed by atoms with Gasteiger partial charge in [-0.05, 0) is 25.5 Å². The zero-order chi connectivity index (χ0) is 14.4. The fourth-order valence-electron chi connectivity index (χ4n) is 2.07. The molecule has 1 aromatic carbocycles. The average Bonchev–Trinajstić information content (AvgIpc) is 2.88. The minimum atomic E-state index is -0.939. The van der Waals surface area contributed by atoms with E-state index < -0.39 is 5.97 Å². The normalized spacial score (nSPS) is 10.4. The van der Waals surface area contributed by atoms with Crippen molar-refractivity contribution in [2.75, 3.05) is 6.61 Å². The number of ether oxygens (including phenoxy) is 1. The molecule has 1 aromatic heterocycles. The second kappa shape index (κ2) is 6.75. The van der Waals surface area contributed by atoms with Gasteiger partial charge in [0.2, 0.25) is 0 Å². The number of rotatable bonds is 7. The Morgan fingerprint density at radius 3 is 2.75 bits per heavy atom. The summed E-state index contributed by atoms with van der Waals surface area (Å²) in [6.45, 7) is 3.11. The van der Waals surface area contributed by atoms with Crippen LogP contribution in [0.3, 0.4) is 0 Å². The van der Waals surface area contributed by atoms with Crippen LogP contribution in [0.1, 0.15) is 29.7 Å². The van der Waals surface area contributed by atoms with Crippen LogP contribution in [-0.4, -0.2) is 27.2 Å². The van der Waals surface area contributed by atoms with Crippen molar-refractivity contribution >= 4 is 5.97 Å². The van der Waals surface area contributed by atoms with Crippen LogP contribution in [-0.2, 0) is 13.0 Å². The van der Waals surface area contributed by atoms with Gasteiger partial charge in [0.1, 0.15) is 17.3 Å². The van der Waals surface area contributed by atoms with Crippen molar-refractivity contribution in [3.63, 3.8) is 0 Å². The van der Waals surface area contributed by atoms with Gasteiger partial charge in [0.25, 0.3) is 0 Å². The molecule has 1 N–H and O–H groups in total. The highest BCUT2D eigenvalue weighted by atomic mass is 16.5. The minimum absolute atomic E-state index is 0.242. The maximum Gasteiger partial charge on any atom is 0.354 e. The molecule has 0 saturated heterocycles. The summed E-state index contributed by atoms with van der Waals surface area (Å²) < 4.78 is 7.33. The van der Waals surface area contributed by atoms with Gasteiger partial charge in [0.05, 0.1) is 12.8 Å². The lowest BCUT2D eigenvalue weighted by Crippen LogP contribution is -2.11. The van der Waals surface area contributed by atoms with E-state index in [1.165, 1.54) is 6.20 Å². The number of nitrogens with zero attached hydrogens (tertiary/aromatic N) is 2. The van der Waals surface area contributed by atoms with Crippen LogP contribution in [0.15, 0.2) is 36.5 Å². The van der Waals surface area contributed by atoms with Gasteiger partial charge >= 0.3 is 5.97 Å². The minimum Gasteiger partial charge on any atom is -0.494 e. The van der Waals surface area contributed by atoms with Crippen LogP contribution in [0, 0.1) is 0 Å².